The Labute approximate surface area is 113 Å². The number of carbonyl (C=O) groups is 1. The first-order valence-corrected chi connectivity index (χ1v) is 7.47. The normalized spacial score (nSPS) is 41.7. The van der Waals surface area contributed by atoms with Gasteiger partial charge in [-0.15, -0.1) is 0 Å². The molecule has 5 atom stereocenters. The van der Waals surface area contributed by atoms with E-state index in [0.717, 1.165) is 31.6 Å². The summed E-state index contributed by atoms with van der Waals surface area (Å²) in [5.41, 5.74) is 5.71. The van der Waals surface area contributed by atoms with Crippen LogP contribution in [0.25, 0.3) is 0 Å². The Morgan fingerprint density at radius 2 is 2.00 bits per heavy atom. The fraction of sp³-hybridized carbons (Fsp3) is 0.857. The van der Waals surface area contributed by atoms with E-state index in [4.69, 9.17) is 10.9 Å². The number of amides is 1. The molecule has 4 N–H and O–H groups in total. The highest BCUT2D eigenvalue weighted by molar-refractivity contribution is 5.85. The Hall–Kier alpha value is -1.26. The quantitative estimate of drug-likeness (QED) is 0.312. The van der Waals surface area contributed by atoms with Crippen LogP contribution in [0.3, 0.4) is 0 Å². The molecule has 0 aromatic rings. The molecule has 0 spiro atoms. The van der Waals surface area contributed by atoms with E-state index in [2.05, 4.69) is 10.5 Å². The van der Waals surface area contributed by atoms with Gasteiger partial charge < -0.3 is 16.3 Å². The molecule has 3 rings (SSSR count). The number of nitrogens with one attached hydrogen (secondary N) is 1. The van der Waals surface area contributed by atoms with Crippen molar-refractivity contribution in [3.8, 4) is 0 Å². The minimum absolute atomic E-state index is 0.00698. The van der Waals surface area contributed by atoms with Crippen LogP contribution in [0.15, 0.2) is 5.16 Å². The second kappa shape index (κ2) is 5.02. The average molecular weight is 265 g/mol. The van der Waals surface area contributed by atoms with Crippen LogP contribution in [0.1, 0.15) is 44.9 Å². The molecule has 0 aromatic heterocycles. The summed E-state index contributed by atoms with van der Waals surface area (Å²) in [5, 5.41) is 15.1. The number of oxime groups is 1. The molecule has 19 heavy (non-hydrogen) atoms. The van der Waals surface area contributed by atoms with E-state index in [9.17, 15) is 4.79 Å². The van der Waals surface area contributed by atoms with E-state index in [-0.39, 0.29) is 29.6 Å². The van der Waals surface area contributed by atoms with Crippen molar-refractivity contribution in [1.29, 1.82) is 0 Å². The molecule has 3 aliphatic rings. The molecule has 0 radical (unpaired) electrons. The zero-order valence-electron chi connectivity index (χ0n) is 11.2. The second-order valence-electron chi connectivity index (χ2n) is 6.46. The van der Waals surface area contributed by atoms with Gasteiger partial charge in [0.25, 0.3) is 0 Å². The number of hydrogen-bond donors (Lipinski definition) is 3. The lowest BCUT2D eigenvalue weighted by atomic mass is 9.87. The molecule has 0 heterocycles. The van der Waals surface area contributed by atoms with E-state index in [0.29, 0.717) is 5.92 Å². The smallest absolute Gasteiger partial charge is 0.223 e. The van der Waals surface area contributed by atoms with E-state index in [1.165, 1.54) is 19.3 Å². The standard InChI is InChI=1S/C14H23N3O2/c15-13(17-19)10-2-1-3-12(10)16-14(18)11-7-8-4-5-9(11)6-8/h8-12,19H,1-7H2,(H2,15,17)(H,16,18). The third-order valence-corrected chi connectivity index (χ3v) is 5.41. The van der Waals surface area contributed by atoms with Gasteiger partial charge >= 0.3 is 0 Å². The molecule has 3 aliphatic carbocycles. The molecule has 0 aromatic carbocycles. The highest BCUT2D eigenvalue weighted by Crippen LogP contribution is 2.48. The van der Waals surface area contributed by atoms with Gasteiger partial charge in [-0.3, -0.25) is 4.79 Å². The molecule has 3 saturated carbocycles. The number of rotatable bonds is 3. The van der Waals surface area contributed by atoms with Crippen molar-refractivity contribution in [2.24, 2.45) is 34.6 Å². The van der Waals surface area contributed by atoms with Crippen molar-refractivity contribution in [2.75, 3.05) is 0 Å². The average Bonchev–Trinajstić information content (AvgIpc) is 3.13. The second-order valence-corrected chi connectivity index (χ2v) is 6.46. The molecule has 0 saturated heterocycles. The summed E-state index contributed by atoms with van der Waals surface area (Å²) in [6.07, 6.45) is 7.71. The number of fused-ring (bicyclic) bond motifs is 2. The maximum Gasteiger partial charge on any atom is 0.223 e. The maximum absolute atomic E-state index is 12.4. The Morgan fingerprint density at radius 1 is 1.16 bits per heavy atom. The summed E-state index contributed by atoms with van der Waals surface area (Å²) in [4.78, 5) is 12.4. The molecule has 5 heteroatoms. The van der Waals surface area contributed by atoms with Gasteiger partial charge in [0.2, 0.25) is 5.91 Å². The minimum atomic E-state index is 0.00698. The van der Waals surface area contributed by atoms with Crippen LogP contribution in [-0.4, -0.2) is 23.0 Å². The van der Waals surface area contributed by atoms with Crippen LogP contribution >= 0.6 is 0 Å². The molecule has 5 nitrogen and oxygen atoms in total. The molecule has 2 bridgehead atoms. The van der Waals surface area contributed by atoms with Gasteiger partial charge in [0.15, 0.2) is 0 Å². The summed E-state index contributed by atoms with van der Waals surface area (Å²) in [6, 6.07) is 0.0579. The first kappa shape index (κ1) is 12.8. The molecule has 5 unspecified atom stereocenters. The van der Waals surface area contributed by atoms with Gasteiger partial charge in [-0.25, -0.2) is 0 Å². The van der Waals surface area contributed by atoms with Crippen LogP contribution in [0, 0.1) is 23.7 Å². The van der Waals surface area contributed by atoms with Gasteiger partial charge in [-0.1, -0.05) is 18.0 Å². The Balaban J connectivity index is 1.60. The number of carbonyl (C=O) groups excluding carboxylic acids is 1. The lowest BCUT2D eigenvalue weighted by Crippen LogP contribution is -2.45. The van der Waals surface area contributed by atoms with Gasteiger partial charge in [-0.05, 0) is 43.9 Å². The Kier molecular flexibility index (Phi) is 3.37. The molecular formula is C14H23N3O2. The first-order chi connectivity index (χ1) is 9.19. The predicted molar refractivity (Wildman–Crippen MR) is 71.6 cm³/mol. The van der Waals surface area contributed by atoms with Crippen molar-refractivity contribution in [3.05, 3.63) is 0 Å². The lowest BCUT2D eigenvalue weighted by Gasteiger charge is -2.25. The van der Waals surface area contributed by atoms with Gasteiger partial charge in [0, 0.05) is 17.9 Å². The zero-order valence-corrected chi connectivity index (χ0v) is 11.2. The monoisotopic (exact) mass is 265 g/mol. The highest BCUT2D eigenvalue weighted by atomic mass is 16.4. The van der Waals surface area contributed by atoms with Crippen molar-refractivity contribution < 1.29 is 10.0 Å². The topological polar surface area (TPSA) is 87.7 Å². The van der Waals surface area contributed by atoms with Crippen LogP contribution in [0.2, 0.25) is 0 Å². The third kappa shape index (κ3) is 2.30. The Morgan fingerprint density at radius 3 is 2.63 bits per heavy atom. The number of nitrogens with zero attached hydrogens (tertiary/aromatic N) is 1. The Bertz CT molecular complexity index is 396. The van der Waals surface area contributed by atoms with Crippen LogP contribution < -0.4 is 11.1 Å². The molecule has 0 aliphatic heterocycles. The van der Waals surface area contributed by atoms with Crippen molar-refractivity contribution in [2.45, 2.75) is 51.0 Å². The molecular weight excluding hydrogens is 242 g/mol. The minimum Gasteiger partial charge on any atom is -0.409 e. The van der Waals surface area contributed by atoms with E-state index < -0.39 is 0 Å². The number of nitrogens with two attached hydrogens (primary N) is 1. The lowest BCUT2D eigenvalue weighted by molar-refractivity contribution is -0.127. The van der Waals surface area contributed by atoms with Crippen molar-refractivity contribution >= 4 is 11.7 Å². The number of amidine groups is 1. The summed E-state index contributed by atoms with van der Waals surface area (Å²) >= 11 is 0. The van der Waals surface area contributed by atoms with E-state index >= 15 is 0 Å². The van der Waals surface area contributed by atoms with Gasteiger partial charge in [-0.2, -0.15) is 0 Å². The van der Waals surface area contributed by atoms with Crippen LogP contribution in [-0.2, 0) is 4.79 Å². The predicted octanol–water partition coefficient (Wildman–Crippen LogP) is 1.45. The molecule has 106 valence electrons. The fourth-order valence-corrected chi connectivity index (χ4v) is 4.42. The van der Waals surface area contributed by atoms with E-state index in [1.54, 1.807) is 0 Å². The van der Waals surface area contributed by atoms with Gasteiger partial charge in [0.1, 0.15) is 5.84 Å². The highest BCUT2D eigenvalue weighted by Gasteiger charge is 2.44. The van der Waals surface area contributed by atoms with Crippen molar-refractivity contribution in [1.82, 2.24) is 5.32 Å². The van der Waals surface area contributed by atoms with Crippen LogP contribution in [0.5, 0.6) is 0 Å². The largest absolute Gasteiger partial charge is 0.409 e. The van der Waals surface area contributed by atoms with Crippen LogP contribution in [0.4, 0.5) is 0 Å². The summed E-state index contributed by atoms with van der Waals surface area (Å²) in [7, 11) is 0. The first-order valence-electron chi connectivity index (χ1n) is 7.47. The summed E-state index contributed by atoms with van der Waals surface area (Å²) in [5.74, 6) is 2.07. The maximum atomic E-state index is 12.4. The number of hydrogen-bond acceptors (Lipinski definition) is 3. The molecule has 3 fully saturated rings. The fourth-order valence-electron chi connectivity index (χ4n) is 4.42. The summed E-state index contributed by atoms with van der Waals surface area (Å²) < 4.78 is 0. The molecule has 1 amide bonds. The third-order valence-electron chi connectivity index (χ3n) is 5.41. The summed E-state index contributed by atoms with van der Waals surface area (Å²) in [6.45, 7) is 0. The SMILES string of the molecule is NC(=NO)C1CCCC1NC(=O)C1CC2CCC1C2. The van der Waals surface area contributed by atoms with E-state index in [1.807, 2.05) is 0 Å². The zero-order chi connectivity index (χ0) is 13.4. The van der Waals surface area contributed by atoms with Gasteiger partial charge in [0.05, 0.1) is 0 Å². The van der Waals surface area contributed by atoms with Crippen molar-refractivity contribution in [3.63, 3.8) is 0 Å².